The van der Waals surface area contributed by atoms with Gasteiger partial charge in [-0.2, -0.15) is 0 Å². The lowest BCUT2D eigenvalue weighted by Gasteiger charge is -2.26. The van der Waals surface area contributed by atoms with Gasteiger partial charge in [-0.25, -0.2) is 0 Å². The van der Waals surface area contributed by atoms with E-state index >= 15 is 0 Å². The Morgan fingerprint density at radius 3 is 2.39 bits per heavy atom. The molecule has 0 aliphatic heterocycles. The number of carbonyl (C=O) groups is 1. The molecule has 0 saturated heterocycles. The molecule has 0 N–H and O–H groups in total. The molecule has 1 aliphatic rings. The van der Waals surface area contributed by atoms with Crippen LogP contribution < -0.4 is 0 Å². The van der Waals surface area contributed by atoms with E-state index in [1.807, 2.05) is 0 Å². The number of hydrogen-bond donors (Lipinski definition) is 0. The van der Waals surface area contributed by atoms with Gasteiger partial charge in [-0.15, -0.1) is 0 Å². The van der Waals surface area contributed by atoms with Crippen LogP contribution in [-0.4, -0.2) is 5.78 Å². The molecule has 0 bridgehead atoms. The van der Waals surface area contributed by atoms with Crippen LogP contribution in [0.3, 0.4) is 0 Å². The van der Waals surface area contributed by atoms with Crippen molar-refractivity contribution in [2.75, 3.05) is 0 Å². The monoisotopic (exact) mass is 244 g/mol. The number of benzene rings is 1. The van der Waals surface area contributed by atoms with Gasteiger partial charge in [-0.3, -0.25) is 4.79 Å². The maximum absolute atomic E-state index is 12.0. The Morgan fingerprint density at radius 2 is 1.78 bits per heavy atom. The van der Waals surface area contributed by atoms with Gasteiger partial charge in [0.15, 0.2) is 0 Å². The molecular formula is C17H24O. The lowest BCUT2D eigenvalue weighted by molar-refractivity contribution is -0.125. The Balaban J connectivity index is 2.20. The van der Waals surface area contributed by atoms with Gasteiger partial charge in [0.05, 0.1) is 0 Å². The van der Waals surface area contributed by atoms with E-state index in [1.54, 1.807) is 0 Å². The highest BCUT2D eigenvalue weighted by Gasteiger charge is 2.27. The Hall–Kier alpha value is -1.11. The van der Waals surface area contributed by atoms with Gasteiger partial charge in [0, 0.05) is 12.3 Å². The molecule has 18 heavy (non-hydrogen) atoms. The Kier molecular flexibility index (Phi) is 3.89. The number of carbonyl (C=O) groups excluding carboxylic acids is 1. The van der Waals surface area contributed by atoms with Crippen LogP contribution in [0.5, 0.6) is 0 Å². The van der Waals surface area contributed by atoms with Gasteiger partial charge in [-0.1, -0.05) is 24.6 Å². The Labute approximate surface area is 111 Å². The fraction of sp³-hybridized carbons (Fsp3) is 0.588. The summed E-state index contributed by atoms with van der Waals surface area (Å²) < 4.78 is 0. The van der Waals surface area contributed by atoms with E-state index in [9.17, 15) is 4.79 Å². The SMILES string of the molecule is Cc1cc(C)c(CC2CC(C)CCC2=O)c(C)c1. The van der Waals surface area contributed by atoms with Gasteiger partial charge in [0.1, 0.15) is 5.78 Å². The molecule has 98 valence electrons. The highest BCUT2D eigenvalue weighted by molar-refractivity contribution is 5.82. The van der Waals surface area contributed by atoms with Crippen LogP contribution in [0.2, 0.25) is 0 Å². The fourth-order valence-electron chi connectivity index (χ4n) is 3.30. The van der Waals surface area contributed by atoms with Crippen LogP contribution >= 0.6 is 0 Å². The number of aryl methyl sites for hydroxylation is 3. The van der Waals surface area contributed by atoms with Crippen LogP contribution in [-0.2, 0) is 11.2 Å². The molecule has 2 rings (SSSR count). The van der Waals surface area contributed by atoms with E-state index in [0.29, 0.717) is 11.7 Å². The second-order valence-electron chi connectivity index (χ2n) is 6.12. The molecule has 0 spiro atoms. The van der Waals surface area contributed by atoms with Crippen molar-refractivity contribution in [3.63, 3.8) is 0 Å². The molecule has 2 unspecified atom stereocenters. The van der Waals surface area contributed by atoms with Crippen molar-refractivity contribution in [2.24, 2.45) is 11.8 Å². The summed E-state index contributed by atoms with van der Waals surface area (Å²) in [6.45, 7) is 8.75. The summed E-state index contributed by atoms with van der Waals surface area (Å²) in [5.41, 5.74) is 5.40. The maximum Gasteiger partial charge on any atom is 0.136 e. The first-order chi connectivity index (χ1) is 8.47. The molecule has 1 aliphatic carbocycles. The normalized spacial score (nSPS) is 24.3. The van der Waals surface area contributed by atoms with Gasteiger partial charge >= 0.3 is 0 Å². The lowest BCUT2D eigenvalue weighted by atomic mass is 9.77. The molecule has 1 fully saturated rings. The van der Waals surface area contributed by atoms with E-state index in [1.165, 1.54) is 22.3 Å². The van der Waals surface area contributed by atoms with Crippen LogP contribution in [0.15, 0.2) is 12.1 Å². The number of Topliss-reactive ketones (excluding diaryl/α,β-unsaturated/α-hetero) is 1. The van der Waals surface area contributed by atoms with E-state index in [4.69, 9.17) is 0 Å². The fourth-order valence-corrected chi connectivity index (χ4v) is 3.30. The smallest absolute Gasteiger partial charge is 0.136 e. The van der Waals surface area contributed by atoms with E-state index in [2.05, 4.69) is 39.8 Å². The third kappa shape index (κ3) is 2.82. The lowest BCUT2D eigenvalue weighted by Crippen LogP contribution is -2.25. The zero-order chi connectivity index (χ0) is 13.3. The van der Waals surface area contributed by atoms with E-state index < -0.39 is 0 Å². The molecule has 0 radical (unpaired) electrons. The topological polar surface area (TPSA) is 17.1 Å². The molecule has 0 amide bonds. The zero-order valence-corrected chi connectivity index (χ0v) is 12.0. The third-order valence-electron chi connectivity index (χ3n) is 4.32. The van der Waals surface area contributed by atoms with E-state index in [0.717, 1.165) is 25.7 Å². The Bertz CT molecular complexity index is 436. The first kappa shape index (κ1) is 13.3. The zero-order valence-electron chi connectivity index (χ0n) is 12.0. The minimum Gasteiger partial charge on any atom is -0.299 e. The van der Waals surface area contributed by atoms with Crippen molar-refractivity contribution in [3.8, 4) is 0 Å². The maximum atomic E-state index is 12.0. The summed E-state index contributed by atoms with van der Waals surface area (Å²) >= 11 is 0. The molecule has 1 aromatic rings. The number of rotatable bonds is 2. The standard InChI is InChI=1S/C17H24O/c1-11-5-6-17(18)15(9-11)10-16-13(3)7-12(2)8-14(16)4/h7-8,11,15H,5-6,9-10H2,1-4H3. The number of ketones is 1. The summed E-state index contributed by atoms with van der Waals surface area (Å²) in [6.07, 6.45) is 3.89. The van der Waals surface area contributed by atoms with Crippen molar-refractivity contribution in [2.45, 2.75) is 53.4 Å². The molecule has 1 aromatic carbocycles. The predicted octanol–water partition coefficient (Wildman–Crippen LogP) is 4.16. The van der Waals surface area contributed by atoms with E-state index in [-0.39, 0.29) is 5.92 Å². The van der Waals surface area contributed by atoms with Crippen molar-refractivity contribution < 1.29 is 4.79 Å². The van der Waals surface area contributed by atoms with Gasteiger partial charge in [0.25, 0.3) is 0 Å². The summed E-state index contributed by atoms with van der Waals surface area (Å²) in [7, 11) is 0. The largest absolute Gasteiger partial charge is 0.299 e. The second kappa shape index (κ2) is 5.26. The van der Waals surface area contributed by atoms with Crippen molar-refractivity contribution in [3.05, 3.63) is 34.4 Å². The summed E-state index contributed by atoms with van der Waals surface area (Å²) in [5.74, 6) is 1.44. The molecule has 1 nitrogen and oxygen atoms in total. The molecule has 0 aromatic heterocycles. The van der Waals surface area contributed by atoms with Crippen molar-refractivity contribution in [1.29, 1.82) is 0 Å². The Morgan fingerprint density at radius 1 is 1.17 bits per heavy atom. The van der Waals surface area contributed by atoms with Crippen LogP contribution in [0, 0.1) is 32.6 Å². The van der Waals surface area contributed by atoms with Gasteiger partial charge in [0.2, 0.25) is 0 Å². The summed E-state index contributed by atoms with van der Waals surface area (Å²) in [4.78, 5) is 12.0. The van der Waals surface area contributed by atoms with Crippen LogP contribution in [0.1, 0.15) is 48.4 Å². The molecule has 1 saturated carbocycles. The molecule has 0 heterocycles. The summed E-state index contributed by atoms with van der Waals surface area (Å²) in [6, 6.07) is 4.47. The molecule has 2 atom stereocenters. The first-order valence-electron chi connectivity index (χ1n) is 7.06. The quantitative estimate of drug-likeness (QED) is 0.763. The van der Waals surface area contributed by atoms with Crippen molar-refractivity contribution in [1.82, 2.24) is 0 Å². The van der Waals surface area contributed by atoms with Crippen molar-refractivity contribution >= 4 is 5.78 Å². The summed E-state index contributed by atoms with van der Waals surface area (Å²) in [5, 5.41) is 0. The second-order valence-corrected chi connectivity index (χ2v) is 6.12. The van der Waals surface area contributed by atoms with Gasteiger partial charge < -0.3 is 0 Å². The highest BCUT2D eigenvalue weighted by atomic mass is 16.1. The van der Waals surface area contributed by atoms with Gasteiger partial charge in [-0.05, 0) is 62.6 Å². The average Bonchev–Trinajstić information content (AvgIpc) is 2.28. The minimum atomic E-state index is 0.258. The highest BCUT2D eigenvalue weighted by Crippen LogP contribution is 2.30. The van der Waals surface area contributed by atoms with Crippen LogP contribution in [0.4, 0.5) is 0 Å². The minimum absolute atomic E-state index is 0.258. The molecular weight excluding hydrogens is 220 g/mol. The predicted molar refractivity (Wildman–Crippen MR) is 75.9 cm³/mol. The first-order valence-corrected chi connectivity index (χ1v) is 7.06. The average molecular weight is 244 g/mol. The van der Waals surface area contributed by atoms with Crippen LogP contribution in [0.25, 0.3) is 0 Å². The molecule has 1 heteroatoms. The number of hydrogen-bond acceptors (Lipinski definition) is 1. The third-order valence-corrected chi connectivity index (χ3v) is 4.32.